The van der Waals surface area contributed by atoms with Gasteiger partial charge in [0, 0.05) is 5.56 Å². The van der Waals surface area contributed by atoms with Crippen LogP contribution >= 0.6 is 0 Å². The van der Waals surface area contributed by atoms with Crippen molar-refractivity contribution in [1.82, 2.24) is 30.7 Å². The smallest absolute Gasteiger partial charge is 0.294 e. The summed E-state index contributed by atoms with van der Waals surface area (Å²) in [7, 11) is 0. The number of amides is 1. The van der Waals surface area contributed by atoms with Gasteiger partial charge in [0.2, 0.25) is 11.6 Å². The van der Waals surface area contributed by atoms with E-state index in [0.717, 1.165) is 0 Å². The molecule has 1 amide bonds. The number of benzene rings is 2. The van der Waals surface area contributed by atoms with E-state index in [9.17, 15) is 9.18 Å². The minimum absolute atomic E-state index is 0.0341. The molecule has 0 fully saturated rings. The molecule has 0 saturated heterocycles. The number of ether oxygens (including phenoxy) is 1. The summed E-state index contributed by atoms with van der Waals surface area (Å²) >= 11 is 0. The van der Waals surface area contributed by atoms with Crippen LogP contribution in [0.4, 0.5) is 10.2 Å². The molecule has 162 valence electrons. The van der Waals surface area contributed by atoms with Gasteiger partial charge >= 0.3 is 0 Å². The van der Waals surface area contributed by atoms with Crippen molar-refractivity contribution in [3.63, 3.8) is 0 Å². The molecule has 4 aromatic rings. The van der Waals surface area contributed by atoms with E-state index >= 15 is 0 Å². The zero-order chi connectivity index (χ0) is 22.5. The van der Waals surface area contributed by atoms with Crippen molar-refractivity contribution < 1.29 is 18.6 Å². The molecule has 0 aliphatic carbocycles. The quantitative estimate of drug-likeness (QED) is 0.331. The van der Waals surface area contributed by atoms with E-state index in [4.69, 9.17) is 10.5 Å². The summed E-state index contributed by atoms with van der Waals surface area (Å²) in [4.78, 5) is 12.8. The fraction of sp³-hybridized carbons (Fsp3) is 0.100. The maximum Gasteiger partial charge on any atom is 0.294 e. The van der Waals surface area contributed by atoms with E-state index in [0.29, 0.717) is 23.5 Å². The third-order valence-electron chi connectivity index (χ3n) is 4.23. The molecule has 3 N–H and O–H groups in total. The van der Waals surface area contributed by atoms with Gasteiger partial charge in [0.25, 0.3) is 5.91 Å². The normalized spacial score (nSPS) is 11.1. The molecule has 2 heterocycles. The Morgan fingerprint density at radius 2 is 2.12 bits per heavy atom. The molecule has 4 rings (SSSR count). The van der Waals surface area contributed by atoms with Gasteiger partial charge < -0.3 is 10.5 Å². The van der Waals surface area contributed by atoms with Crippen LogP contribution < -0.4 is 15.9 Å². The van der Waals surface area contributed by atoms with E-state index in [1.807, 2.05) is 6.92 Å². The van der Waals surface area contributed by atoms with Crippen LogP contribution in [0.3, 0.4) is 0 Å². The number of nitrogens with two attached hydrogens (primary N) is 1. The van der Waals surface area contributed by atoms with Gasteiger partial charge in [0.1, 0.15) is 17.3 Å². The Bertz CT molecular complexity index is 1280. The van der Waals surface area contributed by atoms with Crippen molar-refractivity contribution in [1.29, 1.82) is 0 Å². The van der Waals surface area contributed by atoms with Crippen molar-refractivity contribution in [2.24, 2.45) is 5.10 Å². The lowest BCUT2D eigenvalue weighted by Crippen LogP contribution is -2.19. The largest absolute Gasteiger partial charge is 0.494 e. The van der Waals surface area contributed by atoms with Crippen molar-refractivity contribution in [2.45, 2.75) is 6.92 Å². The highest BCUT2D eigenvalue weighted by Crippen LogP contribution is 2.29. The molecule has 0 radical (unpaired) electrons. The number of nitrogen functional groups attached to an aromatic ring is 1. The molecule has 0 aliphatic rings. The van der Waals surface area contributed by atoms with Crippen molar-refractivity contribution >= 4 is 17.9 Å². The SMILES string of the molecule is CCOc1cccc(-c2c(C(=O)NN=Cc3cccc(F)c3)nnn2-c2nonc2N)c1. The summed E-state index contributed by atoms with van der Waals surface area (Å²) in [5, 5.41) is 19.1. The van der Waals surface area contributed by atoms with Crippen molar-refractivity contribution in [3.05, 3.63) is 65.6 Å². The summed E-state index contributed by atoms with van der Waals surface area (Å²) in [5.74, 6) is -0.460. The first-order valence-electron chi connectivity index (χ1n) is 9.43. The number of nitrogens with one attached hydrogen (secondary N) is 1. The summed E-state index contributed by atoms with van der Waals surface area (Å²) in [6.07, 6.45) is 1.31. The molecule has 2 aromatic heterocycles. The highest BCUT2D eigenvalue weighted by atomic mass is 19.1. The van der Waals surface area contributed by atoms with Crippen molar-refractivity contribution in [3.8, 4) is 22.8 Å². The number of anilines is 1. The molecular formula is C20H17FN8O3. The summed E-state index contributed by atoms with van der Waals surface area (Å²) in [6, 6.07) is 12.7. The number of nitrogens with zero attached hydrogens (tertiary/aromatic N) is 6. The Labute approximate surface area is 180 Å². The Balaban J connectivity index is 1.70. The lowest BCUT2D eigenvalue weighted by atomic mass is 10.1. The van der Waals surface area contributed by atoms with Gasteiger partial charge in [0.05, 0.1) is 12.8 Å². The van der Waals surface area contributed by atoms with Crippen LogP contribution in [-0.2, 0) is 0 Å². The third kappa shape index (κ3) is 4.28. The second kappa shape index (κ2) is 9.04. The number of carbonyl (C=O) groups is 1. The molecule has 32 heavy (non-hydrogen) atoms. The number of rotatable bonds is 7. The zero-order valence-corrected chi connectivity index (χ0v) is 16.8. The van der Waals surface area contributed by atoms with Gasteiger partial charge in [-0.15, -0.1) is 5.10 Å². The predicted molar refractivity (Wildman–Crippen MR) is 112 cm³/mol. The van der Waals surface area contributed by atoms with Gasteiger partial charge in [-0.1, -0.05) is 29.5 Å². The summed E-state index contributed by atoms with van der Waals surface area (Å²) in [5.41, 5.74) is 9.41. The second-order valence-electron chi connectivity index (χ2n) is 6.39. The molecule has 0 aliphatic heterocycles. The van der Waals surface area contributed by atoms with Gasteiger partial charge in [0.15, 0.2) is 5.69 Å². The second-order valence-corrected chi connectivity index (χ2v) is 6.39. The van der Waals surface area contributed by atoms with E-state index in [2.05, 4.69) is 35.8 Å². The number of carbonyl (C=O) groups excluding carboxylic acids is 1. The van der Waals surface area contributed by atoms with Crippen molar-refractivity contribution in [2.75, 3.05) is 12.3 Å². The first-order valence-corrected chi connectivity index (χ1v) is 9.43. The third-order valence-corrected chi connectivity index (χ3v) is 4.23. The van der Waals surface area contributed by atoms with E-state index in [1.54, 1.807) is 30.3 Å². The van der Waals surface area contributed by atoms with Gasteiger partial charge in [-0.05, 0) is 47.1 Å². The molecule has 11 nitrogen and oxygen atoms in total. The fourth-order valence-corrected chi connectivity index (χ4v) is 2.89. The molecule has 0 saturated carbocycles. The molecule has 0 atom stereocenters. The highest BCUT2D eigenvalue weighted by Gasteiger charge is 2.25. The maximum atomic E-state index is 13.3. The monoisotopic (exact) mass is 436 g/mol. The van der Waals surface area contributed by atoms with Crippen LogP contribution in [-0.4, -0.2) is 44.0 Å². The van der Waals surface area contributed by atoms with Crippen LogP contribution in [0, 0.1) is 5.82 Å². The Kier molecular flexibility index (Phi) is 5.83. The minimum atomic E-state index is -0.657. The zero-order valence-electron chi connectivity index (χ0n) is 16.8. The number of halogens is 1. The summed E-state index contributed by atoms with van der Waals surface area (Å²) < 4.78 is 24.7. The lowest BCUT2D eigenvalue weighted by molar-refractivity contribution is 0.0950. The Morgan fingerprint density at radius 1 is 1.28 bits per heavy atom. The molecule has 0 bridgehead atoms. The standard InChI is InChI=1S/C20H17FN8O3/c1-2-31-15-8-4-6-13(10-15)17-16(24-28-29(17)19-18(22)26-32-27-19)20(30)25-23-11-12-5-3-7-14(21)9-12/h3-11H,2H2,1H3,(H2,22,26)(H,25,30). The van der Waals surface area contributed by atoms with E-state index in [1.165, 1.54) is 29.1 Å². The fourth-order valence-electron chi connectivity index (χ4n) is 2.89. The number of aromatic nitrogens is 5. The van der Waals surface area contributed by atoms with E-state index < -0.39 is 11.7 Å². The minimum Gasteiger partial charge on any atom is -0.494 e. The average molecular weight is 436 g/mol. The molecular weight excluding hydrogens is 419 g/mol. The van der Waals surface area contributed by atoms with Crippen LogP contribution in [0.5, 0.6) is 5.75 Å². The highest BCUT2D eigenvalue weighted by molar-refractivity contribution is 5.98. The van der Waals surface area contributed by atoms with Gasteiger partial charge in [-0.25, -0.2) is 14.4 Å². The Hall–Kier alpha value is -4.61. The average Bonchev–Trinajstić information content (AvgIpc) is 3.40. The van der Waals surface area contributed by atoms with Crippen LogP contribution in [0.1, 0.15) is 23.0 Å². The number of hydrogen-bond acceptors (Lipinski definition) is 9. The van der Waals surface area contributed by atoms with Crippen LogP contribution in [0.25, 0.3) is 17.1 Å². The van der Waals surface area contributed by atoms with Gasteiger partial charge in [-0.2, -0.15) is 9.78 Å². The topological polar surface area (TPSA) is 146 Å². The van der Waals surface area contributed by atoms with Crippen LogP contribution in [0.15, 0.2) is 58.3 Å². The van der Waals surface area contributed by atoms with Gasteiger partial charge in [-0.3, -0.25) is 4.79 Å². The van der Waals surface area contributed by atoms with Crippen LogP contribution in [0.2, 0.25) is 0 Å². The molecule has 0 unspecified atom stereocenters. The maximum absolute atomic E-state index is 13.3. The van der Waals surface area contributed by atoms with E-state index in [-0.39, 0.29) is 23.0 Å². The number of hydrogen-bond donors (Lipinski definition) is 2. The lowest BCUT2D eigenvalue weighted by Gasteiger charge is -2.08. The number of hydrazone groups is 1. The predicted octanol–water partition coefficient (Wildman–Crippen LogP) is 2.20. The Morgan fingerprint density at radius 3 is 2.88 bits per heavy atom. The molecule has 2 aromatic carbocycles. The summed E-state index contributed by atoms with van der Waals surface area (Å²) in [6.45, 7) is 2.32. The molecule has 12 heteroatoms. The molecule has 0 spiro atoms. The first kappa shape index (κ1) is 20.7. The first-order chi connectivity index (χ1) is 15.6.